The molecule has 0 aliphatic carbocycles. The minimum Gasteiger partial charge on any atom is -0.289 e. The fraction of sp³-hybridized carbons (Fsp3) is 0.111. The standard InChI is InChI=1S/C9H9NO2S/c11-13(12)10-7-3-5-8-4-1-2-6-9(8)10/h1-6H,7H2,(H,11,12). The summed E-state index contributed by atoms with van der Waals surface area (Å²) in [5, 5.41) is 0. The molecule has 13 heavy (non-hydrogen) atoms. The van der Waals surface area contributed by atoms with Gasteiger partial charge in [-0.3, -0.25) is 8.86 Å². The van der Waals surface area contributed by atoms with E-state index in [1.165, 1.54) is 4.31 Å². The maximum absolute atomic E-state index is 10.9. The van der Waals surface area contributed by atoms with Crippen LogP contribution in [-0.4, -0.2) is 15.3 Å². The average Bonchev–Trinajstić information content (AvgIpc) is 2.17. The van der Waals surface area contributed by atoms with Crippen molar-refractivity contribution in [3.63, 3.8) is 0 Å². The van der Waals surface area contributed by atoms with Crippen molar-refractivity contribution in [3.8, 4) is 0 Å². The average molecular weight is 195 g/mol. The molecule has 0 aromatic heterocycles. The van der Waals surface area contributed by atoms with E-state index < -0.39 is 11.3 Å². The molecule has 0 fully saturated rings. The summed E-state index contributed by atoms with van der Waals surface area (Å²) in [4.78, 5) is 0. The summed E-state index contributed by atoms with van der Waals surface area (Å²) >= 11 is -1.93. The van der Waals surface area contributed by atoms with Gasteiger partial charge >= 0.3 is 0 Å². The van der Waals surface area contributed by atoms with Crippen LogP contribution in [-0.2, 0) is 11.3 Å². The number of nitrogens with zero attached hydrogens (tertiary/aromatic N) is 1. The van der Waals surface area contributed by atoms with Crippen LogP contribution in [0.15, 0.2) is 30.3 Å². The van der Waals surface area contributed by atoms with E-state index in [0.717, 1.165) is 11.3 Å². The van der Waals surface area contributed by atoms with Crippen LogP contribution < -0.4 is 4.31 Å². The van der Waals surface area contributed by atoms with Crippen molar-refractivity contribution >= 4 is 23.0 Å². The van der Waals surface area contributed by atoms with Gasteiger partial charge in [-0.25, -0.2) is 4.21 Å². The Kier molecular flexibility index (Phi) is 2.16. The van der Waals surface area contributed by atoms with Gasteiger partial charge in [0.05, 0.1) is 12.2 Å². The number of benzene rings is 1. The highest BCUT2D eigenvalue weighted by atomic mass is 32.2. The van der Waals surface area contributed by atoms with Crippen molar-refractivity contribution < 1.29 is 8.76 Å². The second-order valence-electron chi connectivity index (χ2n) is 2.75. The molecule has 1 aromatic rings. The highest BCUT2D eigenvalue weighted by Crippen LogP contribution is 2.25. The fourth-order valence-corrected chi connectivity index (χ4v) is 1.93. The molecule has 1 aromatic carbocycles. The summed E-state index contributed by atoms with van der Waals surface area (Å²) in [6.07, 6.45) is 3.83. The van der Waals surface area contributed by atoms with E-state index in [1.54, 1.807) is 0 Å². The van der Waals surface area contributed by atoms with Crippen molar-refractivity contribution in [1.82, 2.24) is 0 Å². The van der Waals surface area contributed by atoms with Crippen LogP contribution >= 0.6 is 0 Å². The molecule has 3 nitrogen and oxygen atoms in total. The molecular weight excluding hydrogens is 186 g/mol. The number of hydrogen-bond donors (Lipinski definition) is 1. The van der Waals surface area contributed by atoms with E-state index in [1.807, 2.05) is 36.4 Å². The largest absolute Gasteiger partial charge is 0.289 e. The third kappa shape index (κ3) is 1.50. The SMILES string of the molecule is O=S(O)N1CC=Cc2ccccc21. The van der Waals surface area contributed by atoms with Gasteiger partial charge in [0, 0.05) is 0 Å². The van der Waals surface area contributed by atoms with Gasteiger partial charge in [0.1, 0.15) is 0 Å². The predicted octanol–water partition coefficient (Wildman–Crippen LogP) is 1.66. The monoisotopic (exact) mass is 195 g/mol. The Morgan fingerprint density at radius 2 is 2.15 bits per heavy atom. The van der Waals surface area contributed by atoms with Gasteiger partial charge in [0.2, 0.25) is 0 Å². The Morgan fingerprint density at radius 3 is 2.92 bits per heavy atom. The number of hydrogen-bond acceptors (Lipinski definition) is 1. The van der Waals surface area contributed by atoms with Crippen LogP contribution in [0.1, 0.15) is 5.56 Å². The van der Waals surface area contributed by atoms with E-state index in [9.17, 15) is 4.21 Å². The summed E-state index contributed by atoms with van der Waals surface area (Å²) in [7, 11) is 0. The zero-order valence-electron chi connectivity index (χ0n) is 6.88. The van der Waals surface area contributed by atoms with E-state index in [-0.39, 0.29) is 0 Å². The van der Waals surface area contributed by atoms with Gasteiger partial charge in [-0.1, -0.05) is 30.4 Å². The predicted molar refractivity (Wildman–Crippen MR) is 53.6 cm³/mol. The second kappa shape index (κ2) is 3.32. The Bertz CT molecular complexity index is 376. The van der Waals surface area contributed by atoms with Crippen LogP contribution in [0.5, 0.6) is 0 Å². The Balaban J connectivity index is 2.49. The van der Waals surface area contributed by atoms with Crippen molar-refractivity contribution in [2.45, 2.75) is 0 Å². The molecular formula is C9H9NO2S. The molecule has 0 saturated heterocycles. The van der Waals surface area contributed by atoms with E-state index in [0.29, 0.717) is 6.54 Å². The summed E-state index contributed by atoms with van der Waals surface area (Å²) in [5.41, 5.74) is 1.79. The van der Waals surface area contributed by atoms with Gasteiger partial charge in [-0.15, -0.1) is 0 Å². The first-order valence-electron chi connectivity index (χ1n) is 3.93. The Hall–Kier alpha value is -1.13. The van der Waals surface area contributed by atoms with Crippen LogP contribution in [0.4, 0.5) is 5.69 Å². The molecule has 1 atom stereocenters. The number of fused-ring (bicyclic) bond motifs is 1. The molecule has 1 N–H and O–H groups in total. The molecule has 1 aliphatic heterocycles. The molecule has 1 unspecified atom stereocenters. The lowest BCUT2D eigenvalue weighted by Gasteiger charge is -2.23. The quantitative estimate of drug-likeness (QED) is 0.692. The van der Waals surface area contributed by atoms with Gasteiger partial charge in [-0.2, -0.15) is 0 Å². The highest BCUT2D eigenvalue weighted by molar-refractivity contribution is 7.80. The molecule has 2 rings (SSSR count). The lowest BCUT2D eigenvalue weighted by atomic mass is 10.1. The first-order valence-corrected chi connectivity index (χ1v) is 4.99. The lowest BCUT2D eigenvalue weighted by Crippen LogP contribution is -2.27. The maximum Gasteiger partial charge on any atom is 0.262 e. The Labute approximate surface area is 79.1 Å². The molecule has 68 valence electrons. The second-order valence-corrected chi connectivity index (χ2v) is 3.66. The van der Waals surface area contributed by atoms with Crippen LogP contribution in [0.25, 0.3) is 6.08 Å². The first-order chi connectivity index (χ1) is 6.29. The van der Waals surface area contributed by atoms with Gasteiger partial charge in [-0.05, 0) is 11.6 Å². The fourth-order valence-electron chi connectivity index (χ4n) is 1.38. The van der Waals surface area contributed by atoms with Crippen molar-refractivity contribution in [2.75, 3.05) is 10.8 Å². The van der Waals surface area contributed by atoms with E-state index >= 15 is 0 Å². The first kappa shape index (κ1) is 8.47. The molecule has 0 amide bonds. The molecule has 1 heterocycles. The van der Waals surface area contributed by atoms with Crippen molar-refractivity contribution in [2.24, 2.45) is 0 Å². The number of anilines is 1. The summed E-state index contributed by atoms with van der Waals surface area (Å²) in [6.45, 7) is 0.486. The normalized spacial score (nSPS) is 16.8. The van der Waals surface area contributed by atoms with Gasteiger partial charge in [0.15, 0.2) is 0 Å². The van der Waals surface area contributed by atoms with Crippen molar-refractivity contribution in [1.29, 1.82) is 0 Å². The van der Waals surface area contributed by atoms with Crippen LogP contribution in [0, 0.1) is 0 Å². The molecule has 0 bridgehead atoms. The van der Waals surface area contributed by atoms with Gasteiger partial charge in [0.25, 0.3) is 11.3 Å². The topological polar surface area (TPSA) is 40.5 Å². The molecule has 1 aliphatic rings. The number of para-hydroxylation sites is 1. The third-order valence-electron chi connectivity index (χ3n) is 1.96. The molecule has 0 radical (unpaired) electrons. The summed E-state index contributed by atoms with van der Waals surface area (Å²) < 4.78 is 21.3. The Morgan fingerprint density at radius 1 is 1.38 bits per heavy atom. The minimum atomic E-state index is -1.93. The minimum absolute atomic E-state index is 0.486. The smallest absolute Gasteiger partial charge is 0.262 e. The lowest BCUT2D eigenvalue weighted by molar-refractivity contribution is 0.561. The number of rotatable bonds is 1. The van der Waals surface area contributed by atoms with E-state index in [4.69, 9.17) is 4.55 Å². The van der Waals surface area contributed by atoms with Crippen LogP contribution in [0.3, 0.4) is 0 Å². The maximum atomic E-state index is 10.9. The molecule has 4 heteroatoms. The van der Waals surface area contributed by atoms with Crippen LogP contribution in [0.2, 0.25) is 0 Å². The summed E-state index contributed by atoms with van der Waals surface area (Å²) in [6, 6.07) is 7.53. The molecule has 0 spiro atoms. The zero-order valence-corrected chi connectivity index (χ0v) is 7.70. The molecule has 0 saturated carbocycles. The third-order valence-corrected chi connectivity index (χ3v) is 2.69. The van der Waals surface area contributed by atoms with Crippen molar-refractivity contribution in [3.05, 3.63) is 35.9 Å². The zero-order chi connectivity index (χ0) is 9.26. The summed E-state index contributed by atoms with van der Waals surface area (Å²) in [5.74, 6) is 0. The highest BCUT2D eigenvalue weighted by Gasteiger charge is 2.15. The van der Waals surface area contributed by atoms with Gasteiger partial charge < -0.3 is 0 Å². The van der Waals surface area contributed by atoms with E-state index in [2.05, 4.69) is 0 Å².